The number of hydrogen-bond donors (Lipinski definition) is 2. The van der Waals surface area contributed by atoms with Gasteiger partial charge in [-0.2, -0.15) is 0 Å². The molecule has 0 spiro atoms. The Bertz CT molecular complexity index is 618. The summed E-state index contributed by atoms with van der Waals surface area (Å²) in [4.78, 5) is 13.8. The van der Waals surface area contributed by atoms with Crippen molar-refractivity contribution in [2.75, 3.05) is 20.2 Å². The third-order valence-electron chi connectivity index (χ3n) is 4.14. The van der Waals surface area contributed by atoms with Gasteiger partial charge in [0.1, 0.15) is 17.2 Å². The molecule has 1 heterocycles. The van der Waals surface area contributed by atoms with Gasteiger partial charge in [0.15, 0.2) is 0 Å². The summed E-state index contributed by atoms with van der Waals surface area (Å²) in [5, 5.41) is 12.6. The minimum atomic E-state index is -0.562. The number of hydrogen-bond acceptors (Lipinski definition) is 5. The van der Waals surface area contributed by atoms with Gasteiger partial charge in [0.25, 0.3) is 0 Å². The number of carbonyl (C=O) groups is 1. The highest BCUT2D eigenvalue weighted by Crippen LogP contribution is 2.24. The number of halogens is 1. The molecule has 0 radical (unpaired) electrons. The summed E-state index contributed by atoms with van der Waals surface area (Å²) in [7, 11) is 1.59. The number of phenolic OH excluding ortho intramolecular Hbond substituents is 1. The molecule has 7 heteroatoms. The van der Waals surface area contributed by atoms with Crippen LogP contribution in [0.15, 0.2) is 18.2 Å². The molecule has 6 nitrogen and oxygen atoms in total. The van der Waals surface area contributed by atoms with E-state index in [0.717, 1.165) is 6.07 Å². The molecule has 2 rings (SSSR count). The highest BCUT2D eigenvalue weighted by molar-refractivity contribution is 5.68. The summed E-state index contributed by atoms with van der Waals surface area (Å²) in [6.45, 7) is 8.12. The number of carbonyl (C=O) groups excluding carboxylic acids is 1. The number of ether oxygens (including phenoxy) is 2. The van der Waals surface area contributed by atoms with Gasteiger partial charge in [-0.1, -0.05) is 6.07 Å². The fourth-order valence-electron chi connectivity index (χ4n) is 2.93. The van der Waals surface area contributed by atoms with Crippen LogP contribution in [0, 0.1) is 5.82 Å². The zero-order valence-corrected chi connectivity index (χ0v) is 15.4. The monoisotopic (exact) mass is 354 g/mol. The molecule has 1 saturated heterocycles. The van der Waals surface area contributed by atoms with Crippen LogP contribution in [0.2, 0.25) is 0 Å². The molecule has 1 aliphatic heterocycles. The molecule has 0 bridgehead atoms. The second kappa shape index (κ2) is 7.58. The van der Waals surface area contributed by atoms with Crippen molar-refractivity contribution in [1.82, 2.24) is 10.2 Å². The lowest BCUT2D eigenvalue weighted by Gasteiger charge is -2.25. The molecule has 1 fully saturated rings. The van der Waals surface area contributed by atoms with E-state index in [4.69, 9.17) is 9.47 Å². The van der Waals surface area contributed by atoms with Gasteiger partial charge in [0.2, 0.25) is 0 Å². The Balaban J connectivity index is 2.04. The van der Waals surface area contributed by atoms with Crippen molar-refractivity contribution in [1.29, 1.82) is 0 Å². The number of benzene rings is 1. The zero-order valence-electron chi connectivity index (χ0n) is 15.4. The van der Waals surface area contributed by atoms with Crippen LogP contribution in [0.1, 0.15) is 39.3 Å². The maximum absolute atomic E-state index is 14.0. The summed E-state index contributed by atoms with van der Waals surface area (Å²) in [6.07, 6.45) is -0.600. The lowest BCUT2D eigenvalue weighted by Crippen LogP contribution is -2.42. The minimum absolute atomic E-state index is 0.111. The first kappa shape index (κ1) is 19.5. The first-order chi connectivity index (χ1) is 11.6. The van der Waals surface area contributed by atoms with E-state index < -0.39 is 11.4 Å². The standard InChI is InChI=1S/C18H27FN2O4/c1-11(13-7-6-12(22)8-14(13)19)20-15-9-21(10-16(15)24-5)17(23)25-18(2,3)4/h6-8,11,15-16,20,22H,9-10H2,1-5H3/t11?,15?,16-/m0/s1. The minimum Gasteiger partial charge on any atom is -0.508 e. The summed E-state index contributed by atoms with van der Waals surface area (Å²) in [6, 6.07) is 3.63. The Labute approximate surface area is 147 Å². The van der Waals surface area contributed by atoms with E-state index >= 15 is 0 Å². The van der Waals surface area contributed by atoms with Crippen LogP contribution in [0.5, 0.6) is 5.75 Å². The van der Waals surface area contributed by atoms with E-state index in [0.29, 0.717) is 18.7 Å². The van der Waals surface area contributed by atoms with Gasteiger partial charge in [-0.05, 0) is 33.8 Å². The predicted octanol–water partition coefficient (Wildman–Crippen LogP) is 2.82. The van der Waals surface area contributed by atoms with Crippen molar-refractivity contribution >= 4 is 6.09 Å². The Hall–Kier alpha value is -1.86. The summed E-state index contributed by atoms with van der Waals surface area (Å²) in [5.74, 6) is -0.587. The smallest absolute Gasteiger partial charge is 0.410 e. The van der Waals surface area contributed by atoms with Crippen LogP contribution in [0.4, 0.5) is 9.18 Å². The topological polar surface area (TPSA) is 71.0 Å². The maximum Gasteiger partial charge on any atom is 0.410 e. The summed E-state index contributed by atoms with van der Waals surface area (Å²) in [5.41, 5.74) is -0.114. The van der Waals surface area contributed by atoms with Crippen LogP contribution in [0.25, 0.3) is 0 Å². The third-order valence-corrected chi connectivity index (χ3v) is 4.14. The van der Waals surface area contributed by atoms with E-state index in [2.05, 4.69) is 5.32 Å². The zero-order chi connectivity index (χ0) is 18.8. The second-order valence-corrected chi connectivity index (χ2v) is 7.36. The number of likely N-dealkylation sites (tertiary alicyclic amines) is 1. The van der Waals surface area contributed by atoms with E-state index in [9.17, 15) is 14.3 Å². The quantitative estimate of drug-likeness (QED) is 0.870. The molecule has 140 valence electrons. The number of methoxy groups -OCH3 is 1. The number of phenols is 1. The third kappa shape index (κ3) is 5.06. The van der Waals surface area contributed by atoms with Gasteiger partial charge >= 0.3 is 6.09 Å². The van der Waals surface area contributed by atoms with Crippen LogP contribution in [-0.2, 0) is 9.47 Å². The Morgan fingerprint density at radius 2 is 2.08 bits per heavy atom. The van der Waals surface area contributed by atoms with Gasteiger partial charge < -0.3 is 24.8 Å². The molecule has 1 aromatic rings. The highest BCUT2D eigenvalue weighted by atomic mass is 19.1. The normalized spacial score (nSPS) is 22.1. The molecule has 0 saturated carbocycles. The molecule has 1 amide bonds. The average Bonchev–Trinajstić information content (AvgIpc) is 2.88. The van der Waals surface area contributed by atoms with Crippen LogP contribution >= 0.6 is 0 Å². The summed E-state index contributed by atoms with van der Waals surface area (Å²) < 4.78 is 24.9. The van der Waals surface area contributed by atoms with Crippen molar-refractivity contribution < 1.29 is 23.8 Å². The molecular formula is C18H27FN2O4. The van der Waals surface area contributed by atoms with E-state index in [1.165, 1.54) is 6.07 Å². The number of nitrogens with one attached hydrogen (secondary N) is 1. The first-order valence-electron chi connectivity index (χ1n) is 8.36. The molecule has 2 unspecified atom stereocenters. The van der Waals surface area contributed by atoms with Crippen molar-refractivity contribution in [3.8, 4) is 5.75 Å². The van der Waals surface area contributed by atoms with Crippen molar-refractivity contribution in [3.63, 3.8) is 0 Å². The molecular weight excluding hydrogens is 327 g/mol. The number of amides is 1. The number of rotatable bonds is 4. The van der Waals surface area contributed by atoms with E-state index in [1.807, 2.05) is 27.7 Å². The van der Waals surface area contributed by atoms with Gasteiger partial charge in [-0.15, -0.1) is 0 Å². The van der Waals surface area contributed by atoms with Gasteiger partial charge in [-0.25, -0.2) is 9.18 Å². The molecule has 0 aromatic heterocycles. The molecule has 25 heavy (non-hydrogen) atoms. The SMILES string of the molecule is CO[C@H]1CN(C(=O)OC(C)(C)C)CC1NC(C)c1ccc(O)cc1F. The molecule has 1 aromatic carbocycles. The molecule has 3 atom stereocenters. The predicted molar refractivity (Wildman–Crippen MR) is 92.0 cm³/mol. The van der Waals surface area contributed by atoms with E-state index in [-0.39, 0.29) is 30.0 Å². The fraction of sp³-hybridized carbons (Fsp3) is 0.611. The van der Waals surface area contributed by atoms with Crippen LogP contribution in [0.3, 0.4) is 0 Å². The lowest BCUT2D eigenvalue weighted by molar-refractivity contribution is 0.0252. The first-order valence-corrected chi connectivity index (χ1v) is 8.36. The highest BCUT2D eigenvalue weighted by Gasteiger charge is 2.38. The summed E-state index contributed by atoms with van der Waals surface area (Å²) >= 11 is 0. The van der Waals surface area contributed by atoms with E-state index in [1.54, 1.807) is 18.1 Å². The van der Waals surface area contributed by atoms with Crippen molar-refractivity contribution in [2.45, 2.75) is 51.5 Å². The largest absolute Gasteiger partial charge is 0.508 e. The van der Waals surface area contributed by atoms with Crippen LogP contribution < -0.4 is 5.32 Å². The Kier molecular flexibility index (Phi) is 5.90. The average molecular weight is 354 g/mol. The van der Waals surface area contributed by atoms with Crippen LogP contribution in [-0.4, -0.2) is 54.0 Å². The maximum atomic E-state index is 14.0. The molecule has 2 N–H and O–H groups in total. The van der Waals surface area contributed by atoms with Crippen molar-refractivity contribution in [2.24, 2.45) is 0 Å². The van der Waals surface area contributed by atoms with Gasteiger partial charge in [0, 0.05) is 31.3 Å². The number of aromatic hydroxyl groups is 1. The molecule has 1 aliphatic rings. The van der Waals surface area contributed by atoms with Gasteiger partial charge in [-0.3, -0.25) is 0 Å². The fourth-order valence-corrected chi connectivity index (χ4v) is 2.93. The van der Waals surface area contributed by atoms with Gasteiger partial charge in [0.05, 0.1) is 18.7 Å². The van der Waals surface area contributed by atoms with Crippen molar-refractivity contribution in [3.05, 3.63) is 29.6 Å². The second-order valence-electron chi connectivity index (χ2n) is 7.36. The Morgan fingerprint density at radius 1 is 1.40 bits per heavy atom. The Morgan fingerprint density at radius 3 is 2.64 bits per heavy atom. The lowest BCUT2D eigenvalue weighted by atomic mass is 10.1. The number of nitrogens with zero attached hydrogens (tertiary/aromatic N) is 1. The molecule has 0 aliphatic carbocycles.